The van der Waals surface area contributed by atoms with Crippen molar-refractivity contribution in [3.63, 3.8) is 0 Å². The molecule has 2 aromatic rings. The van der Waals surface area contributed by atoms with Crippen LogP contribution in [0.2, 0.25) is 0 Å². The number of aromatic nitrogens is 3. The van der Waals surface area contributed by atoms with Crippen LogP contribution in [0, 0.1) is 0 Å². The summed E-state index contributed by atoms with van der Waals surface area (Å²) in [5.41, 5.74) is 2.56. The zero-order valence-electron chi connectivity index (χ0n) is 14.8. The van der Waals surface area contributed by atoms with Crippen LogP contribution < -0.4 is 10.2 Å². The van der Waals surface area contributed by atoms with Crippen molar-refractivity contribution in [2.45, 2.75) is 38.5 Å². The summed E-state index contributed by atoms with van der Waals surface area (Å²) < 4.78 is 7.50. The first kappa shape index (κ1) is 16.1. The standard InChI is InChI=1S/C18H23N5O2/c1-11-8-14-16(12(2)25-11)21-22(3)17(14)18(24)20-13-9-23(10-13)15-6-4-5-7-19-15/h4-7,11-13H,8-10H2,1-3H3,(H,20,24)/t11-,12+/m1/s1. The van der Waals surface area contributed by atoms with Crippen molar-refractivity contribution >= 4 is 11.7 Å². The van der Waals surface area contributed by atoms with E-state index in [1.165, 1.54) is 0 Å². The summed E-state index contributed by atoms with van der Waals surface area (Å²) >= 11 is 0. The van der Waals surface area contributed by atoms with Crippen molar-refractivity contribution in [2.24, 2.45) is 7.05 Å². The van der Waals surface area contributed by atoms with Gasteiger partial charge in [-0.3, -0.25) is 9.48 Å². The Labute approximate surface area is 147 Å². The summed E-state index contributed by atoms with van der Waals surface area (Å²) in [5.74, 6) is 0.897. The van der Waals surface area contributed by atoms with Gasteiger partial charge in [-0.25, -0.2) is 4.98 Å². The Hall–Kier alpha value is -2.41. The Bertz CT molecular complexity index is 782. The molecule has 0 unspecified atom stereocenters. The Balaban J connectivity index is 1.45. The molecule has 1 saturated heterocycles. The lowest BCUT2D eigenvalue weighted by Gasteiger charge is -2.40. The van der Waals surface area contributed by atoms with E-state index >= 15 is 0 Å². The SMILES string of the molecule is C[C@@H]1Cc2c(nn(C)c2C(=O)NC2CN(c3ccccn3)C2)[C@H](C)O1. The van der Waals surface area contributed by atoms with Gasteiger partial charge in [0.15, 0.2) is 0 Å². The highest BCUT2D eigenvalue weighted by molar-refractivity contribution is 5.94. The molecule has 2 aliphatic rings. The van der Waals surface area contributed by atoms with Crippen molar-refractivity contribution in [3.8, 4) is 0 Å². The predicted octanol–water partition coefficient (Wildman–Crippen LogP) is 1.46. The number of rotatable bonds is 3. The Morgan fingerprint density at radius 2 is 2.12 bits per heavy atom. The van der Waals surface area contributed by atoms with Gasteiger partial charge in [-0.05, 0) is 26.0 Å². The minimum atomic E-state index is -0.0742. The maximum atomic E-state index is 12.8. The quantitative estimate of drug-likeness (QED) is 0.915. The van der Waals surface area contributed by atoms with E-state index in [9.17, 15) is 4.79 Å². The number of aryl methyl sites for hydroxylation is 1. The number of hydrogen-bond acceptors (Lipinski definition) is 5. The second-order valence-corrected chi connectivity index (χ2v) is 6.89. The molecule has 7 heteroatoms. The van der Waals surface area contributed by atoms with Gasteiger partial charge in [-0.2, -0.15) is 5.10 Å². The molecule has 1 amide bonds. The molecule has 2 aromatic heterocycles. The molecule has 1 fully saturated rings. The second kappa shape index (κ2) is 6.15. The van der Waals surface area contributed by atoms with Gasteiger partial charge >= 0.3 is 0 Å². The molecule has 1 N–H and O–H groups in total. The van der Waals surface area contributed by atoms with Crippen LogP contribution in [0.1, 0.15) is 41.7 Å². The number of nitrogens with one attached hydrogen (secondary N) is 1. The van der Waals surface area contributed by atoms with Gasteiger partial charge in [0, 0.05) is 38.3 Å². The first-order valence-corrected chi connectivity index (χ1v) is 8.71. The summed E-state index contributed by atoms with van der Waals surface area (Å²) in [6.45, 7) is 5.57. The van der Waals surface area contributed by atoms with E-state index in [1.54, 1.807) is 10.9 Å². The van der Waals surface area contributed by atoms with E-state index in [0.29, 0.717) is 5.69 Å². The minimum absolute atomic E-state index is 0.0526. The predicted molar refractivity (Wildman–Crippen MR) is 93.6 cm³/mol. The fraction of sp³-hybridized carbons (Fsp3) is 0.500. The molecule has 0 spiro atoms. The van der Waals surface area contributed by atoms with E-state index in [2.05, 4.69) is 20.3 Å². The molecule has 25 heavy (non-hydrogen) atoms. The molecular weight excluding hydrogens is 318 g/mol. The Morgan fingerprint density at radius 1 is 1.32 bits per heavy atom. The van der Waals surface area contributed by atoms with Crippen LogP contribution in [-0.2, 0) is 18.2 Å². The van der Waals surface area contributed by atoms with Crippen LogP contribution in [-0.4, -0.2) is 45.9 Å². The fourth-order valence-corrected chi connectivity index (χ4v) is 3.70. The smallest absolute Gasteiger partial charge is 0.270 e. The summed E-state index contributed by atoms with van der Waals surface area (Å²) in [4.78, 5) is 19.3. The number of ether oxygens (including phenoxy) is 1. The zero-order valence-corrected chi connectivity index (χ0v) is 14.8. The van der Waals surface area contributed by atoms with E-state index in [4.69, 9.17) is 4.74 Å². The molecule has 0 aromatic carbocycles. The molecule has 2 atom stereocenters. The highest BCUT2D eigenvalue weighted by Crippen LogP contribution is 2.31. The molecule has 2 aliphatic heterocycles. The molecule has 132 valence electrons. The van der Waals surface area contributed by atoms with Crippen molar-refractivity contribution in [3.05, 3.63) is 41.3 Å². The normalized spacial score (nSPS) is 23.1. The lowest BCUT2D eigenvalue weighted by molar-refractivity contribution is -0.00710. The fourth-order valence-electron chi connectivity index (χ4n) is 3.70. The third kappa shape index (κ3) is 2.89. The van der Waals surface area contributed by atoms with E-state index in [0.717, 1.165) is 36.6 Å². The molecule has 7 nitrogen and oxygen atoms in total. The maximum Gasteiger partial charge on any atom is 0.270 e. The number of carbonyl (C=O) groups excluding carboxylic acids is 1. The van der Waals surface area contributed by atoms with E-state index in [1.807, 2.05) is 39.1 Å². The summed E-state index contributed by atoms with van der Waals surface area (Å²) in [7, 11) is 1.82. The van der Waals surface area contributed by atoms with E-state index in [-0.39, 0.29) is 24.2 Å². The van der Waals surface area contributed by atoms with Crippen molar-refractivity contribution in [1.29, 1.82) is 0 Å². The van der Waals surface area contributed by atoms with Crippen LogP contribution in [0.5, 0.6) is 0 Å². The molecule has 0 saturated carbocycles. The van der Waals surface area contributed by atoms with Gasteiger partial charge in [0.25, 0.3) is 5.91 Å². The highest BCUT2D eigenvalue weighted by Gasteiger charge is 2.34. The van der Waals surface area contributed by atoms with Crippen molar-refractivity contribution in [1.82, 2.24) is 20.1 Å². The van der Waals surface area contributed by atoms with Crippen molar-refractivity contribution in [2.75, 3.05) is 18.0 Å². The number of anilines is 1. The molecule has 4 rings (SSSR count). The Morgan fingerprint density at radius 3 is 2.84 bits per heavy atom. The average Bonchev–Trinajstić information content (AvgIpc) is 2.87. The lowest BCUT2D eigenvalue weighted by Crippen LogP contribution is -2.60. The highest BCUT2D eigenvalue weighted by atomic mass is 16.5. The van der Waals surface area contributed by atoms with Crippen LogP contribution in [0.15, 0.2) is 24.4 Å². The monoisotopic (exact) mass is 341 g/mol. The largest absolute Gasteiger partial charge is 0.369 e. The molecule has 4 heterocycles. The molecule has 0 aliphatic carbocycles. The van der Waals surface area contributed by atoms with E-state index < -0.39 is 0 Å². The Kier molecular flexibility index (Phi) is 3.95. The summed E-state index contributed by atoms with van der Waals surface area (Å²) in [5, 5.41) is 7.64. The number of carbonyl (C=O) groups is 1. The minimum Gasteiger partial charge on any atom is -0.369 e. The summed E-state index contributed by atoms with van der Waals surface area (Å²) in [6, 6.07) is 5.99. The van der Waals surface area contributed by atoms with Gasteiger partial charge < -0.3 is 15.0 Å². The third-order valence-electron chi connectivity index (χ3n) is 4.89. The number of fused-ring (bicyclic) bond motifs is 1. The second-order valence-electron chi connectivity index (χ2n) is 6.89. The van der Waals surface area contributed by atoms with Gasteiger partial charge in [-0.1, -0.05) is 6.07 Å². The summed E-state index contributed by atoms with van der Waals surface area (Å²) in [6.07, 6.45) is 2.53. The van der Waals surface area contributed by atoms with Crippen LogP contribution >= 0.6 is 0 Å². The lowest BCUT2D eigenvalue weighted by atomic mass is 9.99. The van der Waals surface area contributed by atoms with Crippen molar-refractivity contribution < 1.29 is 9.53 Å². The van der Waals surface area contributed by atoms with Gasteiger partial charge in [0.05, 0.1) is 23.9 Å². The number of hydrogen-bond donors (Lipinski definition) is 1. The van der Waals surface area contributed by atoms with Crippen LogP contribution in [0.3, 0.4) is 0 Å². The van der Waals surface area contributed by atoms with Crippen LogP contribution in [0.4, 0.5) is 5.82 Å². The number of pyridine rings is 1. The number of amides is 1. The van der Waals surface area contributed by atoms with Gasteiger partial charge in [-0.15, -0.1) is 0 Å². The maximum absolute atomic E-state index is 12.8. The third-order valence-corrected chi connectivity index (χ3v) is 4.89. The average molecular weight is 341 g/mol. The first-order chi connectivity index (χ1) is 12.0. The van der Waals surface area contributed by atoms with Gasteiger partial charge in [0.1, 0.15) is 11.5 Å². The number of nitrogens with zero attached hydrogens (tertiary/aromatic N) is 4. The zero-order chi connectivity index (χ0) is 17.6. The first-order valence-electron chi connectivity index (χ1n) is 8.71. The molecule has 0 bridgehead atoms. The van der Waals surface area contributed by atoms with Gasteiger partial charge in [0.2, 0.25) is 0 Å². The molecular formula is C18H23N5O2. The van der Waals surface area contributed by atoms with Crippen LogP contribution in [0.25, 0.3) is 0 Å². The topological polar surface area (TPSA) is 72.3 Å². The molecule has 0 radical (unpaired) electrons.